The summed E-state index contributed by atoms with van der Waals surface area (Å²) in [5.74, 6) is 0. The number of benzene rings is 1. The van der Waals surface area contributed by atoms with Crippen molar-refractivity contribution in [3.05, 3.63) is 42.1 Å². The molecule has 0 radical (unpaired) electrons. The van der Waals surface area contributed by atoms with Crippen molar-refractivity contribution in [1.82, 2.24) is 4.98 Å². The molecule has 1 N–H and O–H groups in total. The summed E-state index contributed by atoms with van der Waals surface area (Å²) in [6, 6.07) is 10.00. The summed E-state index contributed by atoms with van der Waals surface area (Å²) in [6.07, 6.45) is 5.81. The average molecular weight is 255 g/mol. The number of ether oxygens (including phenoxy) is 1. The first-order valence-corrected chi connectivity index (χ1v) is 6.97. The maximum atomic E-state index is 11.1. The fourth-order valence-electron chi connectivity index (χ4n) is 3.64. The van der Waals surface area contributed by atoms with Crippen LogP contribution in [-0.2, 0) is 10.3 Å². The van der Waals surface area contributed by atoms with Gasteiger partial charge in [-0.15, -0.1) is 0 Å². The van der Waals surface area contributed by atoms with E-state index in [2.05, 4.69) is 4.98 Å². The molecule has 98 valence electrons. The van der Waals surface area contributed by atoms with Crippen molar-refractivity contribution >= 4 is 10.9 Å². The van der Waals surface area contributed by atoms with E-state index < -0.39 is 5.60 Å². The Morgan fingerprint density at radius 2 is 1.84 bits per heavy atom. The first kappa shape index (κ1) is 11.4. The van der Waals surface area contributed by atoms with E-state index in [1.807, 2.05) is 30.3 Å². The molecule has 2 saturated heterocycles. The van der Waals surface area contributed by atoms with E-state index in [-0.39, 0.29) is 12.2 Å². The number of rotatable bonds is 1. The molecule has 2 aliphatic heterocycles. The molecule has 3 heterocycles. The highest BCUT2D eigenvalue weighted by Crippen LogP contribution is 2.45. The number of pyridine rings is 1. The summed E-state index contributed by atoms with van der Waals surface area (Å²) in [4.78, 5) is 4.38. The highest BCUT2D eigenvalue weighted by molar-refractivity contribution is 5.82. The summed E-state index contributed by atoms with van der Waals surface area (Å²) < 4.78 is 5.85. The minimum Gasteiger partial charge on any atom is -0.385 e. The zero-order chi connectivity index (χ0) is 12.9. The Hall–Kier alpha value is -1.45. The van der Waals surface area contributed by atoms with E-state index in [9.17, 15) is 5.11 Å². The number of aromatic nitrogens is 1. The normalized spacial score (nSPS) is 33.7. The number of nitrogens with zero attached hydrogens (tertiary/aromatic N) is 1. The Bertz CT molecular complexity index is 608. The lowest BCUT2D eigenvalue weighted by molar-refractivity contribution is -0.114. The van der Waals surface area contributed by atoms with Gasteiger partial charge in [-0.25, -0.2) is 0 Å². The summed E-state index contributed by atoms with van der Waals surface area (Å²) in [5, 5.41) is 12.2. The molecule has 3 heteroatoms. The minimum absolute atomic E-state index is 0.218. The van der Waals surface area contributed by atoms with Crippen LogP contribution in [0.2, 0.25) is 0 Å². The first-order valence-electron chi connectivity index (χ1n) is 6.97. The molecule has 2 fully saturated rings. The molecular weight excluding hydrogens is 238 g/mol. The number of aliphatic hydroxyl groups is 1. The van der Waals surface area contributed by atoms with Crippen LogP contribution in [0.3, 0.4) is 0 Å². The summed E-state index contributed by atoms with van der Waals surface area (Å²) >= 11 is 0. The fraction of sp³-hybridized carbons (Fsp3) is 0.438. The topological polar surface area (TPSA) is 42.4 Å². The smallest absolute Gasteiger partial charge is 0.0953 e. The summed E-state index contributed by atoms with van der Waals surface area (Å²) in [6.45, 7) is 0. The van der Waals surface area contributed by atoms with Gasteiger partial charge in [-0.1, -0.05) is 18.2 Å². The van der Waals surface area contributed by atoms with Crippen molar-refractivity contribution in [1.29, 1.82) is 0 Å². The molecule has 19 heavy (non-hydrogen) atoms. The third kappa shape index (κ3) is 1.77. The third-order valence-electron chi connectivity index (χ3n) is 4.48. The van der Waals surface area contributed by atoms with Gasteiger partial charge in [0.25, 0.3) is 0 Å². The van der Waals surface area contributed by atoms with Gasteiger partial charge in [-0.2, -0.15) is 0 Å². The van der Waals surface area contributed by atoms with Crippen LogP contribution in [0, 0.1) is 0 Å². The van der Waals surface area contributed by atoms with Crippen molar-refractivity contribution < 1.29 is 9.84 Å². The molecule has 4 rings (SSSR count). The first-order chi connectivity index (χ1) is 9.24. The van der Waals surface area contributed by atoms with Crippen LogP contribution >= 0.6 is 0 Å². The Labute approximate surface area is 112 Å². The van der Waals surface area contributed by atoms with Crippen molar-refractivity contribution in [3.8, 4) is 0 Å². The predicted octanol–water partition coefficient (Wildman–Crippen LogP) is 2.76. The lowest BCUT2D eigenvalue weighted by Gasteiger charge is -2.37. The van der Waals surface area contributed by atoms with Gasteiger partial charge in [0.15, 0.2) is 0 Å². The predicted molar refractivity (Wildman–Crippen MR) is 72.8 cm³/mol. The molecule has 0 spiro atoms. The van der Waals surface area contributed by atoms with Gasteiger partial charge in [0.2, 0.25) is 0 Å². The molecule has 1 aromatic carbocycles. The van der Waals surface area contributed by atoms with Crippen molar-refractivity contribution in [2.24, 2.45) is 0 Å². The van der Waals surface area contributed by atoms with Crippen LogP contribution in [-0.4, -0.2) is 22.3 Å². The van der Waals surface area contributed by atoms with Gasteiger partial charge in [-0.05, 0) is 30.5 Å². The quantitative estimate of drug-likeness (QED) is 0.852. The summed E-state index contributed by atoms with van der Waals surface area (Å²) in [7, 11) is 0. The Morgan fingerprint density at radius 3 is 2.63 bits per heavy atom. The lowest BCUT2D eigenvalue weighted by atomic mass is 9.82. The van der Waals surface area contributed by atoms with E-state index in [1.54, 1.807) is 6.20 Å². The zero-order valence-corrected chi connectivity index (χ0v) is 10.7. The molecular formula is C16H17NO2. The highest BCUT2D eigenvalue weighted by Gasteiger charge is 2.45. The molecule has 1 aromatic heterocycles. The minimum atomic E-state index is -0.757. The van der Waals surface area contributed by atoms with Crippen molar-refractivity contribution in [3.63, 3.8) is 0 Å². The van der Waals surface area contributed by atoms with Gasteiger partial charge in [0.1, 0.15) is 0 Å². The number of hydrogen-bond donors (Lipinski definition) is 1. The number of fused-ring (bicyclic) bond motifs is 3. The van der Waals surface area contributed by atoms with E-state index >= 15 is 0 Å². The molecule has 0 saturated carbocycles. The average Bonchev–Trinajstić information content (AvgIpc) is 2.78. The van der Waals surface area contributed by atoms with Crippen LogP contribution in [0.4, 0.5) is 0 Å². The SMILES string of the molecule is OC1(c2ccnc3ccccc23)CC2CCC(C1)O2. The van der Waals surface area contributed by atoms with Gasteiger partial charge in [-0.3, -0.25) is 4.98 Å². The van der Waals surface area contributed by atoms with Gasteiger partial charge < -0.3 is 9.84 Å². The molecule has 2 unspecified atom stereocenters. The standard InChI is InChI=1S/C16H17NO2/c18-16(9-11-5-6-12(10-16)19-11)14-7-8-17-15-4-2-1-3-13(14)15/h1-4,7-8,11-12,18H,5-6,9-10H2. The van der Waals surface area contributed by atoms with E-state index in [1.165, 1.54) is 0 Å². The Kier molecular flexibility index (Phi) is 2.41. The maximum Gasteiger partial charge on any atom is 0.0953 e. The molecule has 3 nitrogen and oxygen atoms in total. The molecule has 0 aliphatic carbocycles. The fourth-order valence-corrected chi connectivity index (χ4v) is 3.64. The van der Waals surface area contributed by atoms with Crippen molar-refractivity contribution in [2.45, 2.75) is 43.5 Å². The molecule has 2 bridgehead atoms. The van der Waals surface area contributed by atoms with Crippen LogP contribution in [0.1, 0.15) is 31.2 Å². The highest BCUT2D eigenvalue weighted by atomic mass is 16.5. The monoisotopic (exact) mass is 255 g/mol. The molecule has 2 aliphatic rings. The Balaban J connectivity index is 1.85. The number of hydrogen-bond acceptors (Lipinski definition) is 3. The number of para-hydroxylation sites is 1. The second-order valence-corrected chi connectivity index (χ2v) is 5.77. The van der Waals surface area contributed by atoms with Crippen LogP contribution in [0.15, 0.2) is 36.5 Å². The van der Waals surface area contributed by atoms with E-state index in [4.69, 9.17) is 4.74 Å². The molecule has 2 atom stereocenters. The Morgan fingerprint density at radius 1 is 1.11 bits per heavy atom. The van der Waals surface area contributed by atoms with Gasteiger partial charge >= 0.3 is 0 Å². The van der Waals surface area contributed by atoms with E-state index in [0.717, 1.165) is 29.3 Å². The van der Waals surface area contributed by atoms with Gasteiger partial charge in [0.05, 0.1) is 23.3 Å². The maximum absolute atomic E-state index is 11.1. The second kappa shape index (κ2) is 4.02. The molecule has 2 aromatic rings. The third-order valence-corrected chi connectivity index (χ3v) is 4.48. The van der Waals surface area contributed by atoms with E-state index in [0.29, 0.717) is 12.8 Å². The zero-order valence-electron chi connectivity index (χ0n) is 10.7. The lowest BCUT2D eigenvalue weighted by Crippen LogP contribution is -2.38. The largest absolute Gasteiger partial charge is 0.385 e. The van der Waals surface area contributed by atoms with Crippen molar-refractivity contribution in [2.75, 3.05) is 0 Å². The van der Waals surface area contributed by atoms with Crippen LogP contribution < -0.4 is 0 Å². The van der Waals surface area contributed by atoms with Crippen LogP contribution in [0.25, 0.3) is 10.9 Å². The van der Waals surface area contributed by atoms with Crippen LogP contribution in [0.5, 0.6) is 0 Å². The molecule has 0 amide bonds. The summed E-state index contributed by atoms with van der Waals surface area (Å²) in [5.41, 5.74) is 1.21. The van der Waals surface area contributed by atoms with Gasteiger partial charge in [0, 0.05) is 24.4 Å². The second-order valence-electron chi connectivity index (χ2n) is 5.77.